The third-order valence-corrected chi connectivity index (χ3v) is 4.16. The topological polar surface area (TPSA) is 41.6 Å². The zero-order chi connectivity index (χ0) is 17.2. The van der Waals surface area contributed by atoms with E-state index < -0.39 is 17.8 Å². The van der Waals surface area contributed by atoms with Gasteiger partial charge in [0.1, 0.15) is 5.75 Å². The lowest BCUT2D eigenvalue weighted by Gasteiger charge is -2.39. The number of halogens is 4. The maximum Gasteiger partial charge on any atom is 0.419 e. The van der Waals surface area contributed by atoms with Gasteiger partial charge < -0.3 is 15.0 Å². The van der Waals surface area contributed by atoms with Gasteiger partial charge in [-0.15, -0.1) is 12.4 Å². The quantitative estimate of drug-likeness (QED) is 0.893. The number of hydrogen-bond acceptors (Lipinski definition) is 3. The molecule has 1 fully saturated rings. The number of carbonyl (C=O) groups excluding carboxylic acids is 1. The van der Waals surface area contributed by atoms with Crippen molar-refractivity contribution in [2.45, 2.75) is 45.1 Å². The van der Waals surface area contributed by atoms with E-state index >= 15 is 0 Å². The van der Waals surface area contributed by atoms with Crippen LogP contribution in [-0.4, -0.2) is 42.1 Å². The van der Waals surface area contributed by atoms with E-state index in [1.165, 1.54) is 25.1 Å². The molecule has 0 aliphatic carbocycles. The fourth-order valence-electron chi connectivity index (χ4n) is 2.65. The Morgan fingerprint density at radius 3 is 2.58 bits per heavy atom. The molecule has 4 nitrogen and oxygen atoms in total. The molecule has 3 unspecified atom stereocenters. The predicted octanol–water partition coefficient (Wildman–Crippen LogP) is 3.10. The van der Waals surface area contributed by atoms with Gasteiger partial charge >= 0.3 is 6.18 Å². The van der Waals surface area contributed by atoms with Crippen molar-refractivity contribution in [1.82, 2.24) is 10.2 Å². The summed E-state index contributed by atoms with van der Waals surface area (Å²) in [6.07, 6.45) is -5.50. The normalized spacial score (nSPS) is 22.5. The second-order valence-electron chi connectivity index (χ2n) is 5.77. The first-order valence-corrected chi connectivity index (χ1v) is 7.58. The highest BCUT2D eigenvalue weighted by Gasteiger charge is 2.36. The van der Waals surface area contributed by atoms with Gasteiger partial charge in [-0.2, -0.15) is 13.2 Å². The number of nitrogens with zero attached hydrogens (tertiary/aromatic N) is 1. The first kappa shape index (κ1) is 20.6. The number of nitrogens with one attached hydrogen (secondary N) is 1. The monoisotopic (exact) mass is 366 g/mol. The van der Waals surface area contributed by atoms with E-state index in [-0.39, 0.29) is 36.1 Å². The Bertz CT molecular complexity index is 568. The lowest BCUT2D eigenvalue weighted by Crippen LogP contribution is -2.59. The van der Waals surface area contributed by atoms with Gasteiger partial charge in [-0.3, -0.25) is 4.79 Å². The molecule has 2 rings (SSSR count). The van der Waals surface area contributed by atoms with Gasteiger partial charge in [0.25, 0.3) is 5.91 Å². The van der Waals surface area contributed by atoms with Crippen LogP contribution in [0.1, 0.15) is 26.3 Å². The van der Waals surface area contributed by atoms with Gasteiger partial charge in [0.2, 0.25) is 0 Å². The van der Waals surface area contributed by atoms with Gasteiger partial charge in [0.05, 0.1) is 5.56 Å². The highest BCUT2D eigenvalue weighted by Crippen LogP contribution is 2.36. The van der Waals surface area contributed by atoms with Crippen molar-refractivity contribution < 1.29 is 22.7 Å². The summed E-state index contributed by atoms with van der Waals surface area (Å²) >= 11 is 0. The molecule has 0 bridgehead atoms. The van der Waals surface area contributed by atoms with Gasteiger partial charge in [0, 0.05) is 25.2 Å². The zero-order valence-corrected chi connectivity index (χ0v) is 14.6. The molecule has 1 aromatic carbocycles. The fraction of sp³-hybridized carbons (Fsp3) is 0.562. The van der Waals surface area contributed by atoms with Gasteiger partial charge in [-0.05, 0) is 32.9 Å². The van der Waals surface area contributed by atoms with Crippen molar-refractivity contribution >= 4 is 18.3 Å². The highest BCUT2D eigenvalue weighted by atomic mass is 35.5. The Labute approximate surface area is 145 Å². The average molecular weight is 367 g/mol. The van der Waals surface area contributed by atoms with Crippen molar-refractivity contribution in [1.29, 1.82) is 0 Å². The molecule has 1 amide bonds. The summed E-state index contributed by atoms with van der Waals surface area (Å²) in [7, 11) is 0. The predicted molar refractivity (Wildman–Crippen MR) is 87.4 cm³/mol. The van der Waals surface area contributed by atoms with Crippen LogP contribution in [0.3, 0.4) is 0 Å². The SMILES string of the molecule is CC(Oc1ccccc1C(F)(F)F)C(=O)N1CCNC(C)C1C.Cl. The lowest BCUT2D eigenvalue weighted by molar-refractivity contribution is -0.145. The number of benzene rings is 1. The molecule has 1 aliphatic rings. The molecule has 1 saturated heterocycles. The van der Waals surface area contributed by atoms with E-state index in [1.54, 1.807) is 4.90 Å². The van der Waals surface area contributed by atoms with E-state index in [0.717, 1.165) is 6.07 Å². The van der Waals surface area contributed by atoms with Crippen molar-refractivity contribution in [3.63, 3.8) is 0 Å². The van der Waals surface area contributed by atoms with Crippen LogP contribution in [0.25, 0.3) is 0 Å². The van der Waals surface area contributed by atoms with Gasteiger partial charge in [-0.1, -0.05) is 12.1 Å². The smallest absolute Gasteiger partial charge is 0.419 e. The van der Waals surface area contributed by atoms with Crippen molar-refractivity contribution in [3.05, 3.63) is 29.8 Å². The second kappa shape index (κ2) is 8.07. The number of carbonyl (C=O) groups is 1. The molecule has 3 atom stereocenters. The maximum absolute atomic E-state index is 13.0. The minimum Gasteiger partial charge on any atom is -0.480 e. The van der Waals surface area contributed by atoms with Crippen LogP contribution in [0.5, 0.6) is 5.75 Å². The number of ether oxygens (including phenoxy) is 1. The molecule has 1 N–H and O–H groups in total. The molecule has 1 aliphatic heterocycles. The maximum atomic E-state index is 13.0. The van der Waals surface area contributed by atoms with E-state index in [0.29, 0.717) is 13.1 Å². The number of amides is 1. The van der Waals surface area contributed by atoms with Gasteiger partial charge in [-0.25, -0.2) is 0 Å². The third kappa shape index (κ3) is 4.54. The van der Waals surface area contributed by atoms with E-state index in [1.807, 2.05) is 13.8 Å². The van der Waals surface area contributed by atoms with Gasteiger partial charge in [0.15, 0.2) is 6.10 Å². The van der Waals surface area contributed by atoms with Crippen LogP contribution in [0.2, 0.25) is 0 Å². The molecule has 0 aromatic heterocycles. The van der Waals surface area contributed by atoms with Crippen LogP contribution in [0.15, 0.2) is 24.3 Å². The lowest BCUT2D eigenvalue weighted by atomic mass is 10.1. The molecule has 0 spiro atoms. The largest absolute Gasteiger partial charge is 0.480 e. The summed E-state index contributed by atoms with van der Waals surface area (Å²) in [6, 6.07) is 5.01. The number of para-hydroxylation sites is 1. The fourth-order valence-corrected chi connectivity index (χ4v) is 2.65. The van der Waals surface area contributed by atoms with Crippen LogP contribution < -0.4 is 10.1 Å². The van der Waals surface area contributed by atoms with Crippen LogP contribution in [-0.2, 0) is 11.0 Å². The number of piperazine rings is 1. The third-order valence-electron chi connectivity index (χ3n) is 4.16. The molecule has 24 heavy (non-hydrogen) atoms. The average Bonchev–Trinajstić information content (AvgIpc) is 2.49. The summed E-state index contributed by atoms with van der Waals surface area (Å²) in [5, 5.41) is 3.25. The molecule has 8 heteroatoms. The van der Waals surface area contributed by atoms with Crippen molar-refractivity contribution in [2.24, 2.45) is 0 Å². The van der Waals surface area contributed by atoms with Crippen molar-refractivity contribution in [2.75, 3.05) is 13.1 Å². The molecule has 1 heterocycles. The molecule has 1 aromatic rings. The van der Waals surface area contributed by atoms with Crippen LogP contribution in [0.4, 0.5) is 13.2 Å². The number of hydrogen-bond donors (Lipinski definition) is 1. The van der Waals surface area contributed by atoms with E-state index in [9.17, 15) is 18.0 Å². The number of alkyl halides is 3. The van der Waals surface area contributed by atoms with Crippen molar-refractivity contribution in [3.8, 4) is 5.75 Å². The second-order valence-corrected chi connectivity index (χ2v) is 5.77. The molecular formula is C16H22ClF3N2O2. The Morgan fingerprint density at radius 2 is 1.96 bits per heavy atom. The summed E-state index contributed by atoms with van der Waals surface area (Å²) in [5.41, 5.74) is -0.874. The Balaban J connectivity index is 0.00000288. The molecule has 0 radical (unpaired) electrons. The minimum atomic E-state index is -4.52. The summed E-state index contributed by atoms with van der Waals surface area (Å²) in [6.45, 7) is 6.52. The van der Waals surface area contributed by atoms with Crippen LogP contribution >= 0.6 is 12.4 Å². The Morgan fingerprint density at radius 1 is 1.33 bits per heavy atom. The Kier molecular flexibility index (Phi) is 6.92. The first-order valence-electron chi connectivity index (χ1n) is 7.58. The minimum absolute atomic E-state index is 0. The van der Waals surface area contributed by atoms with Crippen LogP contribution in [0, 0.1) is 0 Å². The Hall–Kier alpha value is -1.47. The van der Waals surface area contributed by atoms with E-state index in [4.69, 9.17) is 4.74 Å². The summed E-state index contributed by atoms with van der Waals surface area (Å²) < 4.78 is 44.3. The molecule has 0 saturated carbocycles. The first-order chi connectivity index (χ1) is 10.7. The summed E-state index contributed by atoms with van der Waals surface area (Å²) in [5.74, 6) is -0.625. The molecular weight excluding hydrogens is 345 g/mol. The highest BCUT2D eigenvalue weighted by molar-refractivity contribution is 5.85. The standard InChI is InChI=1S/C16H21F3N2O2.ClH/c1-10-11(2)21(9-8-20-10)15(22)12(3)23-14-7-5-4-6-13(14)16(17,18)19;/h4-7,10-12,20H,8-9H2,1-3H3;1H. The summed E-state index contributed by atoms with van der Waals surface area (Å²) in [4.78, 5) is 14.2. The molecule has 136 valence electrons. The zero-order valence-electron chi connectivity index (χ0n) is 13.8. The van der Waals surface area contributed by atoms with E-state index in [2.05, 4.69) is 5.32 Å². The number of rotatable bonds is 3.